The minimum absolute atomic E-state index is 0.708. The summed E-state index contributed by atoms with van der Waals surface area (Å²) >= 11 is 0. The highest BCUT2D eigenvalue weighted by Crippen LogP contribution is 2.28. The minimum atomic E-state index is 0.708. The van der Waals surface area contributed by atoms with E-state index < -0.39 is 0 Å². The van der Waals surface area contributed by atoms with Gasteiger partial charge in [-0.3, -0.25) is 0 Å². The van der Waals surface area contributed by atoms with Crippen LogP contribution < -0.4 is 14.8 Å². The van der Waals surface area contributed by atoms with Crippen molar-refractivity contribution in [2.75, 3.05) is 41.4 Å². The van der Waals surface area contributed by atoms with Gasteiger partial charge in [-0.15, -0.1) is 0 Å². The Labute approximate surface area is 110 Å². The second-order valence-electron chi connectivity index (χ2n) is 4.52. The highest BCUT2D eigenvalue weighted by molar-refractivity contribution is 5.42. The second kappa shape index (κ2) is 7.95. The molecule has 1 N–H and O–H groups in total. The van der Waals surface area contributed by atoms with Crippen LogP contribution in [0.4, 0.5) is 0 Å². The molecule has 0 fully saturated rings. The molecule has 0 saturated heterocycles. The summed E-state index contributed by atoms with van der Waals surface area (Å²) in [6, 6.07) is 6.04. The van der Waals surface area contributed by atoms with Crippen LogP contribution in [-0.4, -0.2) is 46.3 Å². The molecule has 0 spiro atoms. The molecule has 102 valence electrons. The first-order valence-corrected chi connectivity index (χ1v) is 6.26. The molecule has 0 aliphatic rings. The molecule has 0 saturated carbocycles. The van der Waals surface area contributed by atoms with E-state index >= 15 is 0 Å². The largest absolute Gasteiger partial charge is 0.493 e. The predicted octanol–water partition coefficient (Wildman–Crippen LogP) is 1.75. The second-order valence-corrected chi connectivity index (χ2v) is 4.52. The summed E-state index contributed by atoms with van der Waals surface area (Å²) in [6.45, 7) is 2.57. The fourth-order valence-corrected chi connectivity index (χ4v) is 1.71. The Morgan fingerprint density at radius 1 is 1.22 bits per heavy atom. The van der Waals surface area contributed by atoms with Crippen molar-refractivity contribution < 1.29 is 9.47 Å². The lowest BCUT2D eigenvalue weighted by Crippen LogP contribution is -2.15. The minimum Gasteiger partial charge on any atom is -0.493 e. The molecule has 0 heterocycles. The molecule has 0 radical (unpaired) electrons. The number of methoxy groups -OCH3 is 1. The molecular weight excluding hydrogens is 228 g/mol. The third kappa shape index (κ3) is 4.94. The smallest absolute Gasteiger partial charge is 0.161 e. The Morgan fingerprint density at radius 2 is 2.00 bits per heavy atom. The van der Waals surface area contributed by atoms with Crippen molar-refractivity contribution in [3.8, 4) is 11.5 Å². The van der Waals surface area contributed by atoms with Gasteiger partial charge in [-0.1, -0.05) is 6.07 Å². The Kier molecular flexibility index (Phi) is 6.54. The zero-order chi connectivity index (χ0) is 13.4. The number of ether oxygens (including phenoxy) is 2. The lowest BCUT2D eigenvalue weighted by molar-refractivity contribution is 0.268. The Bertz CT molecular complexity index is 354. The number of benzene rings is 1. The van der Waals surface area contributed by atoms with E-state index in [1.807, 2.05) is 19.2 Å². The number of nitrogens with zero attached hydrogens (tertiary/aromatic N) is 1. The average molecular weight is 252 g/mol. The summed E-state index contributed by atoms with van der Waals surface area (Å²) < 4.78 is 11.1. The van der Waals surface area contributed by atoms with Crippen molar-refractivity contribution in [1.82, 2.24) is 10.2 Å². The van der Waals surface area contributed by atoms with Crippen LogP contribution in [-0.2, 0) is 6.54 Å². The van der Waals surface area contributed by atoms with Gasteiger partial charge in [0.05, 0.1) is 13.7 Å². The zero-order valence-electron chi connectivity index (χ0n) is 11.8. The molecule has 1 rings (SSSR count). The van der Waals surface area contributed by atoms with E-state index in [0.29, 0.717) is 6.61 Å². The Balaban J connectivity index is 2.54. The molecule has 0 bridgehead atoms. The molecule has 0 unspecified atom stereocenters. The van der Waals surface area contributed by atoms with Gasteiger partial charge in [-0.2, -0.15) is 0 Å². The van der Waals surface area contributed by atoms with Crippen molar-refractivity contribution in [2.45, 2.75) is 13.0 Å². The summed E-state index contributed by atoms with van der Waals surface area (Å²) in [5, 5.41) is 3.12. The molecule has 0 atom stereocenters. The molecule has 4 heteroatoms. The standard InChI is InChI=1S/C14H24N2O2/c1-15-11-12-6-7-13(14(10-12)17-4)18-9-5-8-16(2)3/h6-7,10,15H,5,8-9,11H2,1-4H3. The molecule has 18 heavy (non-hydrogen) atoms. The third-order valence-corrected chi connectivity index (χ3v) is 2.62. The number of hydrogen-bond donors (Lipinski definition) is 1. The van der Waals surface area contributed by atoms with Crippen LogP contribution in [0.15, 0.2) is 18.2 Å². The maximum absolute atomic E-state index is 5.74. The van der Waals surface area contributed by atoms with E-state index in [-0.39, 0.29) is 0 Å². The van der Waals surface area contributed by atoms with Crippen LogP contribution in [0.25, 0.3) is 0 Å². The van der Waals surface area contributed by atoms with E-state index in [0.717, 1.165) is 31.0 Å². The molecule has 1 aromatic carbocycles. The van der Waals surface area contributed by atoms with Crippen LogP contribution in [0.3, 0.4) is 0 Å². The predicted molar refractivity (Wildman–Crippen MR) is 74.4 cm³/mol. The lowest BCUT2D eigenvalue weighted by atomic mass is 10.2. The van der Waals surface area contributed by atoms with Crippen molar-refractivity contribution in [3.05, 3.63) is 23.8 Å². The Hall–Kier alpha value is -1.26. The SMILES string of the molecule is CNCc1ccc(OCCCN(C)C)c(OC)c1. The molecule has 0 aromatic heterocycles. The van der Waals surface area contributed by atoms with Gasteiger partial charge < -0.3 is 19.7 Å². The first-order chi connectivity index (χ1) is 8.67. The quantitative estimate of drug-likeness (QED) is 0.715. The van der Waals surface area contributed by atoms with Gasteiger partial charge in [0.15, 0.2) is 11.5 Å². The van der Waals surface area contributed by atoms with E-state index in [2.05, 4.69) is 30.4 Å². The van der Waals surface area contributed by atoms with Crippen molar-refractivity contribution >= 4 is 0 Å². The van der Waals surface area contributed by atoms with E-state index in [1.54, 1.807) is 7.11 Å². The van der Waals surface area contributed by atoms with Gasteiger partial charge in [-0.05, 0) is 45.3 Å². The van der Waals surface area contributed by atoms with Crippen LogP contribution in [0.2, 0.25) is 0 Å². The first kappa shape index (κ1) is 14.8. The molecule has 0 amide bonds. The first-order valence-electron chi connectivity index (χ1n) is 6.26. The number of hydrogen-bond acceptors (Lipinski definition) is 4. The molecule has 1 aromatic rings. The monoisotopic (exact) mass is 252 g/mol. The van der Waals surface area contributed by atoms with Crippen LogP contribution in [0, 0.1) is 0 Å². The van der Waals surface area contributed by atoms with Crippen LogP contribution in [0.1, 0.15) is 12.0 Å². The summed E-state index contributed by atoms with van der Waals surface area (Å²) in [6.07, 6.45) is 1.01. The van der Waals surface area contributed by atoms with Crippen LogP contribution in [0.5, 0.6) is 11.5 Å². The van der Waals surface area contributed by atoms with Gasteiger partial charge >= 0.3 is 0 Å². The van der Waals surface area contributed by atoms with Crippen LogP contribution >= 0.6 is 0 Å². The van der Waals surface area contributed by atoms with Gasteiger partial charge in [0.2, 0.25) is 0 Å². The summed E-state index contributed by atoms with van der Waals surface area (Å²) in [4.78, 5) is 2.15. The van der Waals surface area contributed by atoms with Crippen molar-refractivity contribution in [2.24, 2.45) is 0 Å². The fourth-order valence-electron chi connectivity index (χ4n) is 1.71. The third-order valence-electron chi connectivity index (χ3n) is 2.62. The zero-order valence-corrected chi connectivity index (χ0v) is 11.8. The molecule has 0 aliphatic heterocycles. The van der Waals surface area contributed by atoms with E-state index in [4.69, 9.17) is 9.47 Å². The number of rotatable bonds is 8. The average Bonchev–Trinajstić information content (AvgIpc) is 2.35. The molecule has 4 nitrogen and oxygen atoms in total. The van der Waals surface area contributed by atoms with Crippen molar-refractivity contribution in [1.29, 1.82) is 0 Å². The van der Waals surface area contributed by atoms with E-state index in [1.165, 1.54) is 5.56 Å². The maximum atomic E-state index is 5.74. The van der Waals surface area contributed by atoms with E-state index in [9.17, 15) is 0 Å². The summed E-state index contributed by atoms with van der Waals surface area (Å²) in [7, 11) is 7.73. The summed E-state index contributed by atoms with van der Waals surface area (Å²) in [5.74, 6) is 1.61. The normalized spacial score (nSPS) is 10.7. The molecular formula is C14H24N2O2. The topological polar surface area (TPSA) is 33.7 Å². The number of nitrogens with one attached hydrogen (secondary N) is 1. The van der Waals surface area contributed by atoms with Gasteiger partial charge in [0.25, 0.3) is 0 Å². The van der Waals surface area contributed by atoms with Crippen molar-refractivity contribution in [3.63, 3.8) is 0 Å². The highest BCUT2D eigenvalue weighted by Gasteiger charge is 2.05. The van der Waals surface area contributed by atoms with Gasteiger partial charge in [0, 0.05) is 13.1 Å². The van der Waals surface area contributed by atoms with Gasteiger partial charge in [-0.25, -0.2) is 0 Å². The Morgan fingerprint density at radius 3 is 2.61 bits per heavy atom. The fraction of sp³-hybridized carbons (Fsp3) is 0.571. The lowest BCUT2D eigenvalue weighted by Gasteiger charge is -2.13. The maximum Gasteiger partial charge on any atom is 0.161 e. The highest BCUT2D eigenvalue weighted by atomic mass is 16.5. The molecule has 0 aliphatic carbocycles. The summed E-state index contributed by atoms with van der Waals surface area (Å²) in [5.41, 5.74) is 1.19. The van der Waals surface area contributed by atoms with Gasteiger partial charge in [0.1, 0.15) is 0 Å².